The summed E-state index contributed by atoms with van der Waals surface area (Å²) in [6.07, 6.45) is 0.245. The van der Waals surface area contributed by atoms with Gasteiger partial charge in [0, 0.05) is 11.6 Å². The highest BCUT2D eigenvalue weighted by Gasteiger charge is 2.22. The van der Waals surface area contributed by atoms with E-state index in [1.165, 1.54) is 0 Å². The lowest BCUT2D eigenvalue weighted by Gasteiger charge is -2.02. The Balaban J connectivity index is 3.56. The molecule has 0 saturated heterocycles. The molecule has 0 spiro atoms. The third kappa shape index (κ3) is 1.47. The standard InChI is InChI=1S/C7H4ClNO5/c8-5-3(2-10)1-4(9(13)14)6(11)7(5)12/h1-2,11-12H. The van der Waals surface area contributed by atoms with Gasteiger partial charge in [-0.2, -0.15) is 0 Å². The lowest BCUT2D eigenvalue weighted by molar-refractivity contribution is -0.386. The SMILES string of the molecule is O=Cc1cc([N+](=O)[O-])c(O)c(O)c1Cl. The number of hydrogen-bond acceptors (Lipinski definition) is 5. The largest absolute Gasteiger partial charge is 0.503 e. The summed E-state index contributed by atoms with van der Waals surface area (Å²) < 4.78 is 0. The van der Waals surface area contributed by atoms with Crippen LogP contribution in [0.2, 0.25) is 5.02 Å². The van der Waals surface area contributed by atoms with E-state index in [4.69, 9.17) is 21.8 Å². The number of aldehydes is 1. The van der Waals surface area contributed by atoms with Crippen molar-refractivity contribution in [1.29, 1.82) is 0 Å². The number of carbonyl (C=O) groups is 1. The van der Waals surface area contributed by atoms with E-state index >= 15 is 0 Å². The molecule has 0 bridgehead atoms. The second kappa shape index (κ2) is 3.51. The van der Waals surface area contributed by atoms with Crippen molar-refractivity contribution in [2.45, 2.75) is 0 Å². The smallest absolute Gasteiger partial charge is 0.315 e. The second-order valence-corrected chi connectivity index (χ2v) is 2.75. The highest BCUT2D eigenvalue weighted by Crippen LogP contribution is 2.41. The van der Waals surface area contributed by atoms with Crippen molar-refractivity contribution in [3.05, 3.63) is 26.8 Å². The van der Waals surface area contributed by atoms with Crippen molar-refractivity contribution in [2.75, 3.05) is 0 Å². The van der Waals surface area contributed by atoms with E-state index in [0.717, 1.165) is 6.07 Å². The van der Waals surface area contributed by atoms with Crippen LogP contribution in [0.3, 0.4) is 0 Å². The molecule has 7 heteroatoms. The van der Waals surface area contributed by atoms with E-state index < -0.39 is 27.1 Å². The van der Waals surface area contributed by atoms with Gasteiger partial charge in [0.1, 0.15) is 0 Å². The molecule has 0 radical (unpaired) electrons. The fraction of sp³-hybridized carbons (Fsp3) is 0. The van der Waals surface area contributed by atoms with Crippen molar-refractivity contribution in [1.82, 2.24) is 0 Å². The third-order valence-corrected chi connectivity index (χ3v) is 1.94. The monoisotopic (exact) mass is 217 g/mol. The summed E-state index contributed by atoms with van der Waals surface area (Å²) in [5.74, 6) is -1.83. The number of nitro groups is 1. The van der Waals surface area contributed by atoms with Gasteiger partial charge < -0.3 is 10.2 Å². The number of phenols is 2. The fourth-order valence-corrected chi connectivity index (χ4v) is 1.05. The molecule has 2 N–H and O–H groups in total. The predicted molar refractivity (Wildman–Crippen MR) is 46.8 cm³/mol. The number of carbonyl (C=O) groups excluding carboxylic acids is 1. The van der Waals surface area contributed by atoms with Crippen LogP contribution in [0.25, 0.3) is 0 Å². The molecule has 14 heavy (non-hydrogen) atoms. The maximum Gasteiger partial charge on any atom is 0.315 e. The first kappa shape index (κ1) is 10.3. The van der Waals surface area contributed by atoms with E-state index in [0.29, 0.717) is 0 Å². The van der Waals surface area contributed by atoms with Crippen LogP contribution in [0.15, 0.2) is 6.07 Å². The summed E-state index contributed by atoms with van der Waals surface area (Å²) in [7, 11) is 0. The van der Waals surface area contributed by atoms with Crippen molar-refractivity contribution in [3.8, 4) is 11.5 Å². The van der Waals surface area contributed by atoms with E-state index in [2.05, 4.69) is 0 Å². The molecule has 0 heterocycles. The van der Waals surface area contributed by atoms with Crippen molar-refractivity contribution >= 4 is 23.6 Å². The van der Waals surface area contributed by atoms with E-state index in [9.17, 15) is 14.9 Å². The van der Waals surface area contributed by atoms with Crippen molar-refractivity contribution < 1.29 is 19.9 Å². The second-order valence-electron chi connectivity index (χ2n) is 2.37. The topological polar surface area (TPSA) is 101 Å². The Hall–Kier alpha value is -1.82. The first-order valence-electron chi connectivity index (χ1n) is 3.33. The van der Waals surface area contributed by atoms with Gasteiger partial charge in [-0.15, -0.1) is 0 Å². The van der Waals surface area contributed by atoms with Crippen LogP contribution in [0.1, 0.15) is 10.4 Å². The van der Waals surface area contributed by atoms with E-state index in [1.54, 1.807) is 0 Å². The number of hydrogen-bond donors (Lipinski definition) is 2. The normalized spacial score (nSPS) is 9.79. The maximum atomic E-state index is 10.4. The van der Waals surface area contributed by atoms with Crippen LogP contribution in [-0.4, -0.2) is 21.4 Å². The van der Waals surface area contributed by atoms with Gasteiger partial charge in [0.05, 0.1) is 9.95 Å². The molecule has 1 aromatic rings. The lowest BCUT2D eigenvalue weighted by atomic mass is 10.2. The molecule has 0 saturated carbocycles. The average Bonchev–Trinajstić information content (AvgIpc) is 2.14. The number of benzene rings is 1. The lowest BCUT2D eigenvalue weighted by Crippen LogP contribution is -1.92. The molecule has 6 nitrogen and oxygen atoms in total. The Bertz CT molecular complexity index is 417. The first-order valence-corrected chi connectivity index (χ1v) is 3.70. The molecule has 0 aliphatic rings. The molecule has 0 fully saturated rings. The number of nitrogens with zero attached hydrogens (tertiary/aromatic N) is 1. The van der Waals surface area contributed by atoms with Crippen LogP contribution in [0.5, 0.6) is 11.5 Å². The van der Waals surface area contributed by atoms with Crippen LogP contribution < -0.4 is 0 Å². The summed E-state index contributed by atoms with van der Waals surface area (Å²) in [5, 5.41) is 28.1. The highest BCUT2D eigenvalue weighted by molar-refractivity contribution is 6.34. The van der Waals surface area contributed by atoms with Gasteiger partial charge >= 0.3 is 5.69 Å². The number of nitro benzene ring substituents is 1. The molecule has 0 aliphatic heterocycles. The molecule has 0 atom stereocenters. The molecule has 0 unspecified atom stereocenters. The Morgan fingerprint density at radius 2 is 2.00 bits per heavy atom. The zero-order chi connectivity index (χ0) is 10.9. The van der Waals surface area contributed by atoms with E-state index in [-0.39, 0.29) is 11.8 Å². The Labute approximate surface area is 82.5 Å². The molecular formula is C7H4ClNO5. The summed E-state index contributed by atoms with van der Waals surface area (Å²) in [4.78, 5) is 19.8. The molecular weight excluding hydrogens is 214 g/mol. The van der Waals surface area contributed by atoms with Crippen molar-refractivity contribution in [2.24, 2.45) is 0 Å². The predicted octanol–water partition coefficient (Wildman–Crippen LogP) is 1.47. The number of halogens is 1. The van der Waals surface area contributed by atoms with Gasteiger partial charge in [-0.1, -0.05) is 11.6 Å². The Morgan fingerprint density at radius 3 is 2.43 bits per heavy atom. The highest BCUT2D eigenvalue weighted by atomic mass is 35.5. The number of aromatic hydroxyl groups is 2. The van der Waals surface area contributed by atoms with Gasteiger partial charge in [-0.3, -0.25) is 14.9 Å². The van der Waals surface area contributed by atoms with Crippen LogP contribution in [0, 0.1) is 10.1 Å². The molecule has 0 aromatic heterocycles. The first-order chi connectivity index (χ1) is 6.49. The molecule has 1 aromatic carbocycles. The summed E-state index contributed by atoms with van der Waals surface area (Å²) in [6, 6.07) is 0.782. The maximum absolute atomic E-state index is 10.4. The zero-order valence-electron chi connectivity index (χ0n) is 6.60. The molecule has 74 valence electrons. The fourth-order valence-electron chi connectivity index (χ4n) is 0.866. The van der Waals surface area contributed by atoms with Gasteiger partial charge in [0.25, 0.3) is 0 Å². The molecule has 1 rings (SSSR count). The van der Waals surface area contributed by atoms with Crippen LogP contribution in [-0.2, 0) is 0 Å². The minimum atomic E-state index is -0.953. The molecule has 0 aliphatic carbocycles. The van der Waals surface area contributed by atoms with Crippen molar-refractivity contribution in [3.63, 3.8) is 0 Å². The Morgan fingerprint density at radius 1 is 1.43 bits per heavy atom. The average molecular weight is 218 g/mol. The molecule has 0 amide bonds. The minimum absolute atomic E-state index is 0.245. The van der Waals surface area contributed by atoms with Crippen LogP contribution in [0.4, 0.5) is 5.69 Å². The summed E-state index contributed by atoms with van der Waals surface area (Å²) in [5.41, 5.74) is -1.03. The minimum Gasteiger partial charge on any atom is -0.503 e. The van der Waals surface area contributed by atoms with Gasteiger partial charge in [-0.05, 0) is 0 Å². The van der Waals surface area contributed by atoms with E-state index in [1.807, 2.05) is 0 Å². The zero-order valence-corrected chi connectivity index (χ0v) is 7.35. The Kier molecular flexibility index (Phi) is 2.57. The number of rotatable bonds is 2. The summed E-state index contributed by atoms with van der Waals surface area (Å²) in [6.45, 7) is 0. The van der Waals surface area contributed by atoms with Gasteiger partial charge in [0.15, 0.2) is 12.0 Å². The quantitative estimate of drug-likeness (QED) is 0.338. The van der Waals surface area contributed by atoms with Gasteiger partial charge in [0.2, 0.25) is 5.75 Å². The number of phenolic OH excluding ortho intramolecular Hbond substituents is 2. The van der Waals surface area contributed by atoms with Crippen LogP contribution >= 0.6 is 11.6 Å². The summed E-state index contributed by atoms with van der Waals surface area (Å²) >= 11 is 5.41. The van der Waals surface area contributed by atoms with Gasteiger partial charge in [-0.25, -0.2) is 0 Å². The third-order valence-electron chi connectivity index (χ3n) is 1.54.